The zero-order valence-corrected chi connectivity index (χ0v) is 13.8. The van der Waals surface area contributed by atoms with Gasteiger partial charge in [-0.15, -0.1) is 0 Å². The molecule has 0 fully saturated rings. The van der Waals surface area contributed by atoms with E-state index < -0.39 is 29.7 Å². The van der Waals surface area contributed by atoms with Crippen LogP contribution < -0.4 is 10.6 Å². The van der Waals surface area contributed by atoms with E-state index >= 15 is 0 Å². The van der Waals surface area contributed by atoms with Crippen LogP contribution in [0.15, 0.2) is 22.7 Å². The van der Waals surface area contributed by atoms with Crippen molar-refractivity contribution in [1.82, 2.24) is 5.32 Å². The highest BCUT2D eigenvalue weighted by atomic mass is 79.9. The number of alkyl halides is 3. The van der Waals surface area contributed by atoms with E-state index in [0.717, 1.165) is 6.07 Å². The Balaban J connectivity index is 2.69. The van der Waals surface area contributed by atoms with Crippen molar-refractivity contribution in [3.05, 3.63) is 28.2 Å². The number of anilines is 1. The van der Waals surface area contributed by atoms with Crippen molar-refractivity contribution in [2.45, 2.75) is 32.0 Å². The van der Waals surface area contributed by atoms with Gasteiger partial charge in [0.05, 0.1) is 12.1 Å². The lowest BCUT2D eigenvalue weighted by atomic mass is 10.1. The molecule has 0 aromatic heterocycles. The first-order valence-electron chi connectivity index (χ1n) is 6.78. The molecule has 0 spiro atoms. The Labute approximate surface area is 139 Å². The molecule has 1 unspecified atom stereocenters. The third kappa shape index (κ3) is 6.19. The molecule has 0 radical (unpaired) electrons. The highest BCUT2D eigenvalue weighted by molar-refractivity contribution is 9.10. The van der Waals surface area contributed by atoms with Crippen molar-refractivity contribution < 1.29 is 27.9 Å². The van der Waals surface area contributed by atoms with Crippen LogP contribution in [0.5, 0.6) is 0 Å². The smallest absolute Gasteiger partial charge is 0.417 e. The molecule has 1 aromatic carbocycles. The van der Waals surface area contributed by atoms with E-state index in [-0.39, 0.29) is 16.7 Å². The normalized spacial score (nSPS) is 12.7. The molecule has 1 rings (SSSR count). The fourth-order valence-electron chi connectivity index (χ4n) is 1.84. The van der Waals surface area contributed by atoms with E-state index in [0.29, 0.717) is 12.8 Å². The lowest BCUT2D eigenvalue weighted by Gasteiger charge is -2.14. The van der Waals surface area contributed by atoms with Crippen LogP contribution in [0.4, 0.5) is 18.9 Å². The molecular formula is C14H16BrF3N2O3. The SMILES string of the molecule is CCCC(NCC(=O)Nc1ccc(Br)c(C(F)(F)F)c1)C(=O)O. The van der Waals surface area contributed by atoms with Gasteiger partial charge >= 0.3 is 12.1 Å². The summed E-state index contributed by atoms with van der Waals surface area (Å²) in [6.45, 7) is 1.49. The Kier molecular flexibility index (Phi) is 7.01. The van der Waals surface area contributed by atoms with Crippen LogP contribution in [0.1, 0.15) is 25.3 Å². The van der Waals surface area contributed by atoms with Gasteiger partial charge in [0.25, 0.3) is 0 Å². The number of hydrogen-bond donors (Lipinski definition) is 3. The minimum Gasteiger partial charge on any atom is -0.480 e. The standard InChI is InChI=1S/C14H16BrF3N2O3/c1-2-3-11(13(22)23)19-7-12(21)20-8-4-5-10(15)9(6-8)14(16,17)18/h4-6,11,19H,2-3,7H2,1H3,(H,20,21)(H,22,23). The van der Waals surface area contributed by atoms with E-state index in [1.54, 1.807) is 6.92 Å². The molecule has 0 bridgehead atoms. The summed E-state index contributed by atoms with van der Waals surface area (Å²) in [4.78, 5) is 22.7. The fraction of sp³-hybridized carbons (Fsp3) is 0.429. The summed E-state index contributed by atoms with van der Waals surface area (Å²) in [5.74, 6) is -1.70. The first kappa shape index (κ1) is 19.4. The van der Waals surface area contributed by atoms with Gasteiger partial charge in [-0.05, 0) is 24.6 Å². The molecule has 0 aliphatic heterocycles. The van der Waals surface area contributed by atoms with Gasteiger partial charge in [-0.3, -0.25) is 14.9 Å². The molecular weight excluding hydrogens is 381 g/mol. The second-order valence-electron chi connectivity index (χ2n) is 4.80. The van der Waals surface area contributed by atoms with E-state index in [9.17, 15) is 22.8 Å². The Morgan fingerprint density at radius 3 is 2.52 bits per heavy atom. The maximum atomic E-state index is 12.8. The van der Waals surface area contributed by atoms with Crippen molar-refractivity contribution in [3.63, 3.8) is 0 Å². The van der Waals surface area contributed by atoms with Crippen LogP contribution in [-0.4, -0.2) is 29.6 Å². The number of carbonyl (C=O) groups is 2. The van der Waals surface area contributed by atoms with E-state index in [2.05, 4.69) is 26.6 Å². The number of carbonyl (C=O) groups excluding carboxylic acids is 1. The Morgan fingerprint density at radius 1 is 1.35 bits per heavy atom. The van der Waals surface area contributed by atoms with Gasteiger partial charge in [0, 0.05) is 10.2 Å². The van der Waals surface area contributed by atoms with Crippen molar-refractivity contribution in [1.29, 1.82) is 0 Å². The zero-order chi connectivity index (χ0) is 17.6. The first-order valence-corrected chi connectivity index (χ1v) is 7.57. The minimum atomic E-state index is -4.55. The lowest BCUT2D eigenvalue weighted by molar-refractivity contribution is -0.140. The van der Waals surface area contributed by atoms with Gasteiger partial charge in [0.15, 0.2) is 0 Å². The van der Waals surface area contributed by atoms with Crippen LogP contribution in [0.2, 0.25) is 0 Å². The third-order valence-corrected chi connectivity index (χ3v) is 3.63. The predicted octanol–water partition coefficient (Wildman–Crippen LogP) is 3.25. The minimum absolute atomic E-state index is 0.0188. The van der Waals surface area contributed by atoms with Crippen molar-refractivity contribution in [2.24, 2.45) is 0 Å². The monoisotopic (exact) mass is 396 g/mol. The second-order valence-corrected chi connectivity index (χ2v) is 5.66. The quantitative estimate of drug-likeness (QED) is 0.660. The van der Waals surface area contributed by atoms with Gasteiger partial charge in [-0.1, -0.05) is 29.3 Å². The molecule has 0 heterocycles. The molecule has 0 saturated heterocycles. The Morgan fingerprint density at radius 2 is 2.00 bits per heavy atom. The van der Waals surface area contributed by atoms with Crippen molar-refractivity contribution in [2.75, 3.05) is 11.9 Å². The molecule has 3 N–H and O–H groups in total. The number of carboxylic acid groups (broad SMARTS) is 1. The summed E-state index contributed by atoms with van der Waals surface area (Å²) in [6, 6.07) is 2.44. The first-order chi connectivity index (χ1) is 10.6. The van der Waals surface area contributed by atoms with Gasteiger partial charge in [0.1, 0.15) is 6.04 Å². The van der Waals surface area contributed by atoms with Crippen molar-refractivity contribution in [3.8, 4) is 0 Å². The highest BCUT2D eigenvalue weighted by Gasteiger charge is 2.33. The number of aliphatic carboxylic acids is 1. The number of carboxylic acids is 1. The maximum Gasteiger partial charge on any atom is 0.417 e. The third-order valence-electron chi connectivity index (χ3n) is 2.94. The largest absolute Gasteiger partial charge is 0.480 e. The van der Waals surface area contributed by atoms with Gasteiger partial charge in [-0.25, -0.2) is 0 Å². The molecule has 9 heteroatoms. The summed E-state index contributed by atoms with van der Waals surface area (Å²) in [6.07, 6.45) is -3.58. The molecule has 0 aliphatic rings. The van der Waals surface area contributed by atoms with Crippen LogP contribution in [0.3, 0.4) is 0 Å². The maximum absolute atomic E-state index is 12.8. The van der Waals surface area contributed by atoms with Crippen LogP contribution >= 0.6 is 15.9 Å². The molecule has 23 heavy (non-hydrogen) atoms. The number of halogens is 4. The summed E-state index contributed by atoms with van der Waals surface area (Å²) >= 11 is 2.81. The van der Waals surface area contributed by atoms with E-state index in [1.165, 1.54) is 12.1 Å². The van der Waals surface area contributed by atoms with E-state index in [4.69, 9.17) is 5.11 Å². The average molecular weight is 397 g/mol. The molecule has 1 atom stereocenters. The summed E-state index contributed by atoms with van der Waals surface area (Å²) in [5.41, 5.74) is -0.924. The number of amides is 1. The van der Waals surface area contributed by atoms with Crippen molar-refractivity contribution >= 4 is 33.5 Å². The number of nitrogens with one attached hydrogen (secondary N) is 2. The molecule has 1 amide bonds. The number of rotatable bonds is 7. The Bertz CT molecular complexity index is 579. The highest BCUT2D eigenvalue weighted by Crippen LogP contribution is 2.36. The molecule has 0 aliphatic carbocycles. The lowest BCUT2D eigenvalue weighted by Crippen LogP contribution is -2.41. The van der Waals surface area contributed by atoms with Gasteiger partial charge < -0.3 is 10.4 Å². The second kappa shape index (κ2) is 8.30. The molecule has 128 valence electrons. The zero-order valence-electron chi connectivity index (χ0n) is 12.2. The topological polar surface area (TPSA) is 78.4 Å². The van der Waals surface area contributed by atoms with E-state index in [1.807, 2.05) is 0 Å². The fourth-order valence-corrected chi connectivity index (χ4v) is 2.31. The number of hydrogen-bond acceptors (Lipinski definition) is 3. The summed E-state index contributed by atoms with van der Waals surface area (Å²) < 4.78 is 38.2. The van der Waals surface area contributed by atoms with Gasteiger partial charge in [0.2, 0.25) is 5.91 Å². The predicted molar refractivity (Wildman–Crippen MR) is 82.1 cm³/mol. The van der Waals surface area contributed by atoms with Gasteiger partial charge in [-0.2, -0.15) is 13.2 Å². The summed E-state index contributed by atoms with van der Waals surface area (Å²) in [7, 11) is 0. The van der Waals surface area contributed by atoms with Crippen LogP contribution in [0, 0.1) is 0 Å². The summed E-state index contributed by atoms with van der Waals surface area (Å²) in [5, 5.41) is 13.8. The molecule has 0 saturated carbocycles. The Hall–Kier alpha value is -1.61. The van der Waals surface area contributed by atoms with Crippen LogP contribution in [0.25, 0.3) is 0 Å². The average Bonchev–Trinajstić information content (AvgIpc) is 2.44. The number of benzene rings is 1. The van der Waals surface area contributed by atoms with Crippen LogP contribution in [-0.2, 0) is 15.8 Å². The molecule has 1 aromatic rings. The molecule has 5 nitrogen and oxygen atoms in total.